The molecule has 0 radical (unpaired) electrons. The fourth-order valence-corrected chi connectivity index (χ4v) is 2.62. The Morgan fingerprint density at radius 2 is 2.33 bits per heavy atom. The molecule has 1 aromatic heterocycles. The third-order valence-corrected chi connectivity index (χ3v) is 3.82. The number of halogens is 1. The van der Waals surface area contributed by atoms with Crippen LogP contribution in [0.2, 0.25) is 0 Å². The molecule has 1 fully saturated rings. The van der Waals surface area contributed by atoms with Gasteiger partial charge in [-0.25, -0.2) is 9.07 Å². The third-order valence-electron chi connectivity index (χ3n) is 3.82. The van der Waals surface area contributed by atoms with Crippen LogP contribution < -0.4 is 5.73 Å². The van der Waals surface area contributed by atoms with Crippen molar-refractivity contribution < 1.29 is 9.13 Å². The molecule has 2 heterocycles. The molecule has 2 N–H and O–H groups in total. The second-order valence-corrected chi connectivity index (χ2v) is 5.44. The van der Waals surface area contributed by atoms with Gasteiger partial charge in [0, 0.05) is 25.4 Å². The minimum atomic E-state index is -0.329. The van der Waals surface area contributed by atoms with Crippen LogP contribution in [0.4, 0.5) is 10.1 Å². The lowest BCUT2D eigenvalue weighted by Crippen LogP contribution is -2.09. The van der Waals surface area contributed by atoms with Crippen LogP contribution in [0.3, 0.4) is 0 Å². The van der Waals surface area contributed by atoms with Crippen LogP contribution in [0, 0.1) is 18.7 Å². The fraction of sp³-hybridized carbons (Fsp3) is 0.500. The molecular weight excluding hydrogens is 273 g/mol. The van der Waals surface area contributed by atoms with Gasteiger partial charge < -0.3 is 10.5 Å². The predicted octanol–water partition coefficient (Wildman–Crippen LogP) is 1.80. The SMILES string of the molecule is Cc1cc(N)cc(-c2nnnn2CCC2CCOC2)c1F. The largest absolute Gasteiger partial charge is 0.399 e. The summed E-state index contributed by atoms with van der Waals surface area (Å²) >= 11 is 0. The van der Waals surface area contributed by atoms with E-state index in [1.165, 1.54) is 0 Å². The smallest absolute Gasteiger partial charge is 0.185 e. The van der Waals surface area contributed by atoms with E-state index in [1.807, 2.05) is 0 Å². The standard InChI is InChI=1S/C14H18FN5O/c1-9-6-11(16)7-12(13(9)15)14-17-18-19-20(14)4-2-10-3-5-21-8-10/h6-7,10H,2-5,8,16H2,1H3. The minimum Gasteiger partial charge on any atom is -0.399 e. The number of aryl methyl sites for hydroxylation is 2. The lowest BCUT2D eigenvalue weighted by Gasteiger charge is -2.10. The van der Waals surface area contributed by atoms with Gasteiger partial charge in [-0.15, -0.1) is 5.10 Å². The quantitative estimate of drug-likeness (QED) is 0.869. The summed E-state index contributed by atoms with van der Waals surface area (Å²) in [5.74, 6) is 0.612. The summed E-state index contributed by atoms with van der Waals surface area (Å²) in [7, 11) is 0. The van der Waals surface area contributed by atoms with E-state index in [1.54, 1.807) is 23.7 Å². The van der Waals surface area contributed by atoms with Crippen LogP contribution in [0.1, 0.15) is 18.4 Å². The Morgan fingerprint density at radius 3 is 3.10 bits per heavy atom. The van der Waals surface area contributed by atoms with E-state index in [2.05, 4.69) is 15.5 Å². The molecule has 1 aliphatic rings. The first-order valence-corrected chi connectivity index (χ1v) is 7.05. The number of nitrogen functional groups attached to an aromatic ring is 1. The van der Waals surface area contributed by atoms with Crippen LogP contribution in [0.15, 0.2) is 12.1 Å². The number of nitrogens with two attached hydrogens (primary N) is 1. The number of anilines is 1. The Balaban J connectivity index is 1.84. The summed E-state index contributed by atoms with van der Waals surface area (Å²) in [6.07, 6.45) is 1.98. The molecule has 112 valence electrons. The first kappa shape index (κ1) is 13.9. The van der Waals surface area contributed by atoms with Crippen LogP contribution in [0.25, 0.3) is 11.4 Å². The Morgan fingerprint density at radius 1 is 1.48 bits per heavy atom. The van der Waals surface area contributed by atoms with Gasteiger partial charge in [-0.1, -0.05) is 0 Å². The molecule has 7 heteroatoms. The van der Waals surface area contributed by atoms with Crippen molar-refractivity contribution in [3.8, 4) is 11.4 Å². The van der Waals surface area contributed by atoms with Crippen molar-refractivity contribution in [3.63, 3.8) is 0 Å². The van der Waals surface area contributed by atoms with E-state index in [9.17, 15) is 4.39 Å². The highest BCUT2D eigenvalue weighted by molar-refractivity contribution is 5.63. The highest BCUT2D eigenvalue weighted by Gasteiger charge is 2.19. The monoisotopic (exact) mass is 291 g/mol. The van der Waals surface area contributed by atoms with Crippen LogP contribution in [-0.4, -0.2) is 33.4 Å². The van der Waals surface area contributed by atoms with Gasteiger partial charge in [0.05, 0.1) is 5.56 Å². The average Bonchev–Trinajstić information content (AvgIpc) is 3.11. The second kappa shape index (κ2) is 5.77. The fourth-order valence-electron chi connectivity index (χ4n) is 2.62. The van der Waals surface area contributed by atoms with Crippen molar-refractivity contribution in [1.29, 1.82) is 0 Å². The van der Waals surface area contributed by atoms with Crippen molar-refractivity contribution in [2.24, 2.45) is 5.92 Å². The molecule has 2 aromatic rings. The summed E-state index contributed by atoms with van der Waals surface area (Å²) in [4.78, 5) is 0. The van der Waals surface area contributed by atoms with Crippen molar-refractivity contribution in [1.82, 2.24) is 20.2 Å². The second-order valence-electron chi connectivity index (χ2n) is 5.44. The van der Waals surface area contributed by atoms with Gasteiger partial charge in [0.2, 0.25) is 0 Å². The zero-order chi connectivity index (χ0) is 14.8. The first-order valence-electron chi connectivity index (χ1n) is 7.05. The number of nitrogens with zero attached hydrogens (tertiary/aromatic N) is 4. The maximum atomic E-state index is 14.3. The lowest BCUT2D eigenvalue weighted by molar-refractivity contribution is 0.183. The average molecular weight is 291 g/mol. The topological polar surface area (TPSA) is 78.9 Å². The molecule has 0 aliphatic carbocycles. The van der Waals surface area contributed by atoms with E-state index in [4.69, 9.17) is 10.5 Å². The molecule has 1 unspecified atom stereocenters. The van der Waals surface area contributed by atoms with Gasteiger partial charge >= 0.3 is 0 Å². The van der Waals surface area contributed by atoms with E-state index in [0.717, 1.165) is 26.1 Å². The van der Waals surface area contributed by atoms with Gasteiger partial charge in [-0.05, 0) is 53.8 Å². The lowest BCUT2D eigenvalue weighted by atomic mass is 10.1. The summed E-state index contributed by atoms with van der Waals surface area (Å²) < 4.78 is 21.3. The number of tetrazole rings is 1. The summed E-state index contributed by atoms with van der Waals surface area (Å²) in [5.41, 5.74) is 7.14. The van der Waals surface area contributed by atoms with Gasteiger partial charge in [0.25, 0.3) is 0 Å². The summed E-state index contributed by atoms with van der Waals surface area (Å²) in [6, 6.07) is 3.17. The highest BCUT2D eigenvalue weighted by atomic mass is 19.1. The highest BCUT2D eigenvalue weighted by Crippen LogP contribution is 2.26. The Hall–Kier alpha value is -2.02. The Labute approximate surface area is 122 Å². The molecule has 1 aliphatic heterocycles. The van der Waals surface area contributed by atoms with Crippen molar-refractivity contribution in [2.45, 2.75) is 26.3 Å². The molecule has 0 saturated carbocycles. The Bertz CT molecular complexity index is 636. The van der Waals surface area contributed by atoms with Crippen molar-refractivity contribution >= 4 is 5.69 Å². The van der Waals surface area contributed by atoms with Crippen molar-refractivity contribution in [3.05, 3.63) is 23.5 Å². The maximum Gasteiger partial charge on any atom is 0.185 e. The molecule has 1 atom stereocenters. The molecule has 0 amide bonds. The number of aromatic nitrogens is 4. The number of hydrogen-bond acceptors (Lipinski definition) is 5. The molecule has 21 heavy (non-hydrogen) atoms. The maximum absolute atomic E-state index is 14.3. The van der Waals surface area contributed by atoms with Gasteiger partial charge in [-0.3, -0.25) is 0 Å². The predicted molar refractivity (Wildman–Crippen MR) is 75.9 cm³/mol. The third kappa shape index (κ3) is 2.87. The van der Waals surface area contributed by atoms with Crippen molar-refractivity contribution in [2.75, 3.05) is 18.9 Å². The first-order chi connectivity index (χ1) is 10.1. The van der Waals surface area contributed by atoms with Crippen LogP contribution in [-0.2, 0) is 11.3 Å². The van der Waals surface area contributed by atoms with Gasteiger partial charge in [0.15, 0.2) is 5.82 Å². The van der Waals surface area contributed by atoms with E-state index >= 15 is 0 Å². The van der Waals surface area contributed by atoms with E-state index in [0.29, 0.717) is 35.1 Å². The number of rotatable bonds is 4. The van der Waals surface area contributed by atoms with E-state index < -0.39 is 0 Å². The van der Waals surface area contributed by atoms with Crippen LogP contribution >= 0.6 is 0 Å². The molecule has 0 spiro atoms. The molecular formula is C14H18FN5O. The van der Waals surface area contributed by atoms with Gasteiger partial charge in [-0.2, -0.15) is 0 Å². The van der Waals surface area contributed by atoms with E-state index in [-0.39, 0.29) is 5.82 Å². The molecule has 3 rings (SSSR count). The minimum absolute atomic E-state index is 0.329. The van der Waals surface area contributed by atoms with Crippen LogP contribution in [0.5, 0.6) is 0 Å². The zero-order valence-electron chi connectivity index (χ0n) is 11.9. The molecule has 1 saturated heterocycles. The summed E-state index contributed by atoms with van der Waals surface area (Å²) in [6.45, 7) is 3.92. The number of ether oxygens (including phenoxy) is 1. The molecule has 0 bridgehead atoms. The normalized spacial score (nSPS) is 18.3. The molecule has 1 aromatic carbocycles. The summed E-state index contributed by atoms with van der Waals surface area (Å²) in [5, 5.41) is 11.6. The Kier molecular flexibility index (Phi) is 3.83. The molecule has 6 nitrogen and oxygen atoms in total. The van der Waals surface area contributed by atoms with Gasteiger partial charge in [0.1, 0.15) is 5.82 Å². The number of benzene rings is 1. The zero-order valence-corrected chi connectivity index (χ0v) is 11.9. The number of hydrogen-bond donors (Lipinski definition) is 1.